The second-order valence-corrected chi connectivity index (χ2v) is 4.24. The highest BCUT2D eigenvalue weighted by Crippen LogP contribution is 2.21. The van der Waals surface area contributed by atoms with E-state index in [1.165, 1.54) is 6.07 Å². The number of nitrogens with zero attached hydrogens (tertiary/aromatic N) is 1. The lowest BCUT2D eigenvalue weighted by Crippen LogP contribution is -2.00. The van der Waals surface area contributed by atoms with E-state index in [9.17, 15) is 8.78 Å². The Morgan fingerprint density at radius 3 is 2.84 bits per heavy atom. The lowest BCUT2D eigenvalue weighted by atomic mass is 10.2. The average Bonchev–Trinajstić information content (AvgIpc) is 2.89. The monoisotopic (exact) mass is 259 g/mol. The Balaban J connectivity index is 1.82. The number of hydrogen-bond acceptors (Lipinski definition) is 2. The minimum Gasteiger partial charge on any atom is -0.380 e. The number of hydrogen-bond donors (Lipinski definition) is 2. The van der Waals surface area contributed by atoms with Gasteiger partial charge in [0.05, 0.1) is 11.7 Å². The molecule has 2 N–H and O–H groups in total. The van der Waals surface area contributed by atoms with Crippen LogP contribution >= 0.6 is 0 Å². The molecule has 3 aromatic rings. The van der Waals surface area contributed by atoms with Crippen LogP contribution in [0.25, 0.3) is 10.9 Å². The summed E-state index contributed by atoms with van der Waals surface area (Å²) in [5.41, 5.74) is 2.51. The number of aromatic amines is 1. The molecule has 0 unspecified atom stereocenters. The van der Waals surface area contributed by atoms with Crippen molar-refractivity contribution < 1.29 is 8.78 Å². The summed E-state index contributed by atoms with van der Waals surface area (Å²) < 4.78 is 25.9. The minimum atomic E-state index is -0.833. The fourth-order valence-electron chi connectivity index (χ4n) is 1.97. The van der Waals surface area contributed by atoms with Crippen LogP contribution in [0.5, 0.6) is 0 Å². The number of anilines is 1. The van der Waals surface area contributed by atoms with E-state index in [0.717, 1.165) is 22.7 Å². The van der Waals surface area contributed by atoms with Gasteiger partial charge in [0, 0.05) is 17.6 Å². The molecule has 0 bridgehead atoms. The van der Waals surface area contributed by atoms with Crippen LogP contribution in [0.4, 0.5) is 14.5 Å². The summed E-state index contributed by atoms with van der Waals surface area (Å²) >= 11 is 0. The first-order valence-electron chi connectivity index (χ1n) is 5.84. The van der Waals surface area contributed by atoms with Crippen molar-refractivity contribution in [3.63, 3.8) is 0 Å². The summed E-state index contributed by atoms with van der Waals surface area (Å²) in [6.45, 7) is 0.418. The molecule has 2 aromatic carbocycles. The fraction of sp³-hybridized carbons (Fsp3) is 0.0714. The van der Waals surface area contributed by atoms with Gasteiger partial charge in [-0.25, -0.2) is 8.78 Å². The third kappa shape index (κ3) is 2.27. The highest BCUT2D eigenvalue weighted by Gasteiger charge is 2.04. The van der Waals surface area contributed by atoms with Crippen molar-refractivity contribution in [1.29, 1.82) is 0 Å². The minimum absolute atomic E-state index is 0.418. The predicted octanol–water partition coefficient (Wildman–Crippen LogP) is 3.45. The Morgan fingerprint density at radius 1 is 1.11 bits per heavy atom. The normalized spacial score (nSPS) is 10.8. The molecule has 0 saturated carbocycles. The standard InChI is InChI=1S/C14H11F2N3/c15-11-5-4-9(6-12(11)16)7-17-13-2-1-3-14-10(13)8-18-19-14/h1-6,8,17H,7H2,(H,18,19). The molecule has 3 rings (SSSR count). The maximum Gasteiger partial charge on any atom is 0.159 e. The second kappa shape index (κ2) is 4.68. The molecule has 3 nitrogen and oxygen atoms in total. The molecule has 1 aromatic heterocycles. The van der Waals surface area contributed by atoms with Crippen LogP contribution < -0.4 is 5.32 Å². The third-order valence-electron chi connectivity index (χ3n) is 2.95. The van der Waals surface area contributed by atoms with Crippen molar-refractivity contribution in [3.8, 4) is 0 Å². The molecular weight excluding hydrogens is 248 g/mol. The Labute approximate surface area is 108 Å². The Bertz CT molecular complexity index is 722. The van der Waals surface area contributed by atoms with Gasteiger partial charge in [-0.3, -0.25) is 5.10 Å². The van der Waals surface area contributed by atoms with Gasteiger partial charge in [-0.2, -0.15) is 5.10 Å². The Hall–Kier alpha value is -2.43. The second-order valence-electron chi connectivity index (χ2n) is 4.24. The molecule has 0 amide bonds. The van der Waals surface area contributed by atoms with Gasteiger partial charge in [-0.15, -0.1) is 0 Å². The van der Waals surface area contributed by atoms with Gasteiger partial charge in [0.1, 0.15) is 0 Å². The van der Waals surface area contributed by atoms with Crippen molar-refractivity contribution in [1.82, 2.24) is 10.2 Å². The number of nitrogens with one attached hydrogen (secondary N) is 2. The highest BCUT2D eigenvalue weighted by atomic mass is 19.2. The lowest BCUT2D eigenvalue weighted by molar-refractivity contribution is 0.507. The molecule has 0 fully saturated rings. The van der Waals surface area contributed by atoms with Gasteiger partial charge in [-0.05, 0) is 29.8 Å². The number of aromatic nitrogens is 2. The summed E-state index contributed by atoms with van der Waals surface area (Å²) in [5, 5.41) is 11.0. The van der Waals surface area contributed by atoms with E-state index in [0.29, 0.717) is 12.1 Å². The molecule has 0 saturated heterocycles. The predicted molar refractivity (Wildman–Crippen MR) is 69.8 cm³/mol. The molecule has 5 heteroatoms. The SMILES string of the molecule is Fc1ccc(CNc2cccc3[nH]ncc23)cc1F. The molecule has 19 heavy (non-hydrogen) atoms. The zero-order valence-electron chi connectivity index (χ0n) is 9.95. The number of rotatable bonds is 3. The number of H-pyrrole nitrogens is 1. The molecule has 0 aliphatic rings. The zero-order chi connectivity index (χ0) is 13.2. The fourth-order valence-corrected chi connectivity index (χ4v) is 1.97. The van der Waals surface area contributed by atoms with Crippen molar-refractivity contribution in [2.45, 2.75) is 6.54 Å². The van der Waals surface area contributed by atoms with Crippen LogP contribution in [0.1, 0.15) is 5.56 Å². The summed E-state index contributed by atoms with van der Waals surface area (Å²) in [6.07, 6.45) is 1.73. The summed E-state index contributed by atoms with van der Waals surface area (Å²) in [6, 6.07) is 9.61. The first-order valence-corrected chi connectivity index (χ1v) is 5.84. The Kier molecular flexibility index (Phi) is 2.87. The molecule has 0 spiro atoms. The Morgan fingerprint density at radius 2 is 2.00 bits per heavy atom. The third-order valence-corrected chi connectivity index (χ3v) is 2.95. The van der Waals surface area contributed by atoms with E-state index in [1.807, 2.05) is 18.2 Å². The topological polar surface area (TPSA) is 40.7 Å². The van der Waals surface area contributed by atoms with Gasteiger partial charge >= 0.3 is 0 Å². The van der Waals surface area contributed by atoms with E-state index < -0.39 is 11.6 Å². The zero-order valence-corrected chi connectivity index (χ0v) is 9.95. The summed E-state index contributed by atoms with van der Waals surface area (Å²) in [7, 11) is 0. The average molecular weight is 259 g/mol. The molecule has 0 aliphatic heterocycles. The highest BCUT2D eigenvalue weighted by molar-refractivity contribution is 5.90. The van der Waals surface area contributed by atoms with E-state index in [-0.39, 0.29) is 0 Å². The molecule has 0 radical (unpaired) electrons. The van der Waals surface area contributed by atoms with Crippen LogP contribution in [0, 0.1) is 11.6 Å². The van der Waals surface area contributed by atoms with Crippen molar-refractivity contribution in [2.75, 3.05) is 5.32 Å². The van der Waals surface area contributed by atoms with Crippen LogP contribution in [0.2, 0.25) is 0 Å². The van der Waals surface area contributed by atoms with Crippen LogP contribution in [-0.2, 0) is 6.54 Å². The first-order chi connectivity index (χ1) is 9.24. The van der Waals surface area contributed by atoms with Crippen molar-refractivity contribution in [3.05, 3.63) is 59.8 Å². The van der Waals surface area contributed by atoms with Crippen LogP contribution in [0.15, 0.2) is 42.6 Å². The summed E-state index contributed by atoms with van der Waals surface area (Å²) in [5.74, 6) is -1.67. The van der Waals surface area contributed by atoms with Crippen LogP contribution in [-0.4, -0.2) is 10.2 Å². The van der Waals surface area contributed by atoms with Gasteiger partial charge in [0.15, 0.2) is 11.6 Å². The van der Waals surface area contributed by atoms with Crippen molar-refractivity contribution >= 4 is 16.6 Å². The quantitative estimate of drug-likeness (QED) is 0.756. The lowest BCUT2D eigenvalue weighted by Gasteiger charge is -2.07. The van der Waals surface area contributed by atoms with Crippen molar-refractivity contribution in [2.24, 2.45) is 0 Å². The largest absolute Gasteiger partial charge is 0.380 e. The number of benzene rings is 2. The first kappa shape index (κ1) is 11.6. The maximum absolute atomic E-state index is 13.1. The van der Waals surface area contributed by atoms with Gasteiger partial charge < -0.3 is 5.32 Å². The maximum atomic E-state index is 13.1. The number of fused-ring (bicyclic) bond motifs is 1. The molecule has 0 atom stereocenters. The van der Waals surface area contributed by atoms with Gasteiger partial charge in [-0.1, -0.05) is 12.1 Å². The van der Waals surface area contributed by atoms with E-state index >= 15 is 0 Å². The van der Waals surface area contributed by atoms with E-state index in [1.54, 1.807) is 12.3 Å². The molecule has 1 heterocycles. The van der Waals surface area contributed by atoms with Gasteiger partial charge in [0.25, 0.3) is 0 Å². The van der Waals surface area contributed by atoms with Gasteiger partial charge in [0.2, 0.25) is 0 Å². The smallest absolute Gasteiger partial charge is 0.159 e. The molecule has 0 aliphatic carbocycles. The summed E-state index contributed by atoms with van der Waals surface area (Å²) in [4.78, 5) is 0. The van der Waals surface area contributed by atoms with Crippen LogP contribution in [0.3, 0.4) is 0 Å². The van der Waals surface area contributed by atoms with E-state index in [4.69, 9.17) is 0 Å². The van der Waals surface area contributed by atoms with E-state index in [2.05, 4.69) is 15.5 Å². The molecular formula is C14H11F2N3. The molecule has 96 valence electrons. The number of halogens is 2.